The molecule has 0 spiro atoms. The Balaban J connectivity index is 2.00. The quantitative estimate of drug-likeness (QED) is 0.561. The molecule has 1 saturated carbocycles. The maximum atomic E-state index is 13.4. The van der Waals surface area contributed by atoms with E-state index in [0.29, 0.717) is 21.7 Å². The third kappa shape index (κ3) is 4.17. The van der Waals surface area contributed by atoms with Crippen LogP contribution < -0.4 is 9.62 Å². The Hall–Kier alpha value is -2.49. The molecule has 6 nitrogen and oxygen atoms in total. The van der Waals surface area contributed by atoms with Gasteiger partial charge in [0.05, 0.1) is 30.7 Å². The first-order valence-electron chi connectivity index (χ1n) is 9.91. The molecule has 1 aliphatic carbocycles. The molecule has 0 atom stereocenters. The number of sulfonamides is 1. The van der Waals surface area contributed by atoms with E-state index in [9.17, 15) is 22.7 Å². The highest BCUT2D eigenvalue weighted by molar-refractivity contribution is 7.92. The smallest absolute Gasteiger partial charge is 0.253 e. The molecular formula is C22H23FN2O4S2. The molecule has 9 heteroatoms. The van der Waals surface area contributed by atoms with E-state index in [0.717, 1.165) is 34.7 Å². The molecule has 3 aromatic rings. The Bertz CT molecular complexity index is 1250. The molecule has 164 valence electrons. The van der Waals surface area contributed by atoms with E-state index in [1.807, 2.05) is 6.07 Å². The number of halogens is 1. The fourth-order valence-electron chi connectivity index (χ4n) is 3.80. The zero-order chi connectivity index (χ0) is 22.3. The number of hydrogen-bond acceptors (Lipinski definition) is 5. The second-order valence-corrected chi connectivity index (χ2v) is 10.6. The molecule has 0 unspecified atom stereocenters. The topological polar surface area (TPSA) is 86.7 Å². The number of rotatable bonds is 7. The van der Waals surface area contributed by atoms with Crippen molar-refractivity contribution in [2.24, 2.45) is 0 Å². The van der Waals surface area contributed by atoms with Crippen molar-refractivity contribution in [2.75, 3.05) is 30.8 Å². The third-order valence-corrected chi connectivity index (χ3v) is 7.77. The largest absolute Gasteiger partial charge is 0.394 e. The number of anilines is 1. The molecule has 31 heavy (non-hydrogen) atoms. The van der Waals surface area contributed by atoms with E-state index in [2.05, 4.69) is 5.32 Å². The second-order valence-electron chi connectivity index (χ2n) is 7.63. The maximum absolute atomic E-state index is 13.4. The third-order valence-electron chi connectivity index (χ3n) is 5.39. The zero-order valence-corrected chi connectivity index (χ0v) is 18.8. The zero-order valence-electron chi connectivity index (χ0n) is 17.2. The van der Waals surface area contributed by atoms with Gasteiger partial charge in [0.1, 0.15) is 5.82 Å². The predicted octanol–water partition coefficient (Wildman–Crippen LogP) is 3.70. The van der Waals surface area contributed by atoms with Gasteiger partial charge in [0, 0.05) is 22.0 Å². The fourth-order valence-corrected chi connectivity index (χ4v) is 5.95. The molecule has 0 radical (unpaired) electrons. The van der Waals surface area contributed by atoms with Crippen molar-refractivity contribution in [3.8, 4) is 10.4 Å². The highest BCUT2D eigenvalue weighted by atomic mass is 32.2. The fraction of sp³-hybridized carbons (Fsp3) is 0.318. The Kier molecular flexibility index (Phi) is 5.76. The van der Waals surface area contributed by atoms with Crippen LogP contribution in [0.2, 0.25) is 0 Å². The van der Waals surface area contributed by atoms with Crippen LogP contribution >= 0.6 is 11.3 Å². The number of hydrogen-bond donors (Lipinski definition) is 2. The molecule has 0 bridgehead atoms. The van der Waals surface area contributed by atoms with Gasteiger partial charge in [0.25, 0.3) is 5.91 Å². The van der Waals surface area contributed by atoms with Gasteiger partial charge in [-0.05, 0) is 54.2 Å². The highest BCUT2D eigenvalue weighted by Crippen LogP contribution is 2.49. The van der Waals surface area contributed by atoms with Crippen molar-refractivity contribution < 1.29 is 22.7 Å². The standard InChI is InChI=1S/C22H23FN2O4S2/c1-24-22(27)20-17-11-16(13-3-4-13)18(25(9-10-26)31(2,28)29)12-19(17)30-21(20)14-5-7-15(23)8-6-14/h5-8,11-13,26H,3-4,9-10H2,1-2H3,(H,24,27). The summed E-state index contributed by atoms with van der Waals surface area (Å²) in [6, 6.07) is 9.66. The molecule has 0 saturated heterocycles. The van der Waals surface area contributed by atoms with Gasteiger partial charge in [-0.25, -0.2) is 12.8 Å². The summed E-state index contributed by atoms with van der Waals surface area (Å²) in [4.78, 5) is 13.5. The predicted molar refractivity (Wildman–Crippen MR) is 122 cm³/mol. The first-order valence-corrected chi connectivity index (χ1v) is 12.6. The van der Waals surface area contributed by atoms with Gasteiger partial charge < -0.3 is 10.4 Å². The Morgan fingerprint density at radius 1 is 1.26 bits per heavy atom. The minimum absolute atomic E-state index is 0.0391. The Morgan fingerprint density at radius 3 is 2.48 bits per heavy atom. The molecule has 1 aliphatic rings. The van der Waals surface area contributed by atoms with Crippen molar-refractivity contribution >= 4 is 43.0 Å². The van der Waals surface area contributed by atoms with Crippen LogP contribution in [-0.4, -0.2) is 45.9 Å². The average Bonchev–Trinajstić information content (AvgIpc) is 3.51. The maximum Gasteiger partial charge on any atom is 0.253 e. The summed E-state index contributed by atoms with van der Waals surface area (Å²) in [7, 11) is -2.04. The normalized spacial score (nSPS) is 14.1. The monoisotopic (exact) mass is 462 g/mol. The number of aliphatic hydroxyl groups excluding tert-OH is 1. The number of nitrogens with one attached hydrogen (secondary N) is 1. The molecule has 0 aliphatic heterocycles. The Labute approximate surface area is 184 Å². The highest BCUT2D eigenvalue weighted by Gasteiger charge is 2.32. The number of benzene rings is 2. The lowest BCUT2D eigenvalue weighted by atomic mass is 10.0. The first-order chi connectivity index (χ1) is 14.7. The van der Waals surface area contributed by atoms with Crippen molar-refractivity contribution in [3.63, 3.8) is 0 Å². The van der Waals surface area contributed by atoms with E-state index in [-0.39, 0.29) is 30.8 Å². The van der Waals surface area contributed by atoms with Crippen molar-refractivity contribution in [1.29, 1.82) is 0 Å². The Morgan fingerprint density at radius 2 is 1.94 bits per heavy atom. The summed E-state index contributed by atoms with van der Waals surface area (Å²) in [6.45, 7) is -0.341. The van der Waals surface area contributed by atoms with Crippen LogP contribution in [-0.2, 0) is 10.0 Å². The molecular weight excluding hydrogens is 439 g/mol. The van der Waals surface area contributed by atoms with Crippen molar-refractivity contribution in [3.05, 3.63) is 53.3 Å². The van der Waals surface area contributed by atoms with Crippen LogP contribution in [0.1, 0.15) is 34.7 Å². The summed E-state index contributed by atoms with van der Waals surface area (Å²) < 4.78 is 40.3. The number of fused-ring (bicyclic) bond motifs is 1. The summed E-state index contributed by atoms with van der Waals surface area (Å²) in [5.41, 5.74) is 2.61. The van der Waals surface area contributed by atoms with Crippen LogP contribution in [0.4, 0.5) is 10.1 Å². The lowest BCUT2D eigenvalue weighted by molar-refractivity contribution is 0.0965. The van der Waals surface area contributed by atoms with Gasteiger partial charge in [0.15, 0.2) is 0 Å². The number of carbonyl (C=O) groups excluding carboxylic acids is 1. The van der Waals surface area contributed by atoms with Crippen LogP contribution in [0.25, 0.3) is 20.5 Å². The number of carbonyl (C=O) groups is 1. The lowest BCUT2D eigenvalue weighted by Crippen LogP contribution is -2.33. The second kappa shape index (κ2) is 8.22. The van der Waals surface area contributed by atoms with Gasteiger partial charge >= 0.3 is 0 Å². The molecule has 1 aromatic heterocycles. The van der Waals surface area contributed by atoms with E-state index in [1.54, 1.807) is 25.2 Å². The minimum atomic E-state index is -3.60. The van der Waals surface area contributed by atoms with E-state index >= 15 is 0 Å². The molecule has 4 rings (SSSR count). The molecule has 2 N–H and O–H groups in total. The van der Waals surface area contributed by atoms with Crippen LogP contribution in [0.3, 0.4) is 0 Å². The van der Waals surface area contributed by atoms with Crippen LogP contribution in [0.15, 0.2) is 36.4 Å². The molecule has 1 heterocycles. The summed E-state index contributed by atoms with van der Waals surface area (Å²) in [6.07, 6.45) is 3.01. The van der Waals surface area contributed by atoms with Gasteiger partial charge in [0.2, 0.25) is 10.0 Å². The minimum Gasteiger partial charge on any atom is -0.394 e. The number of nitrogens with zero attached hydrogens (tertiary/aromatic N) is 1. The number of amides is 1. The number of aliphatic hydroxyl groups is 1. The van der Waals surface area contributed by atoms with Crippen LogP contribution in [0.5, 0.6) is 0 Å². The summed E-state index contributed by atoms with van der Waals surface area (Å²) >= 11 is 1.36. The van der Waals surface area contributed by atoms with E-state index in [4.69, 9.17) is 0 Å². The van der Waals surface area contributed by atoms with E-state index < -0.39 is 10.0 Å². The van der Waals surface area contributed by atoms with Crippen molar-refractivity contribution in [2.45, 2.75) is 18.8 Å². The SMILES string of the molecule is CNC(=O)c1c(-c2ccc(F)cc2)sc2cc(N(CCO)S(C)(=O)=O)c(C3CC3)cc12. The molecule has 1 amide bonds. The van der Waals surface area contributed by atoms with Crippen molar-refractivity contribution in [1.82, 2.24) is 5.32 Å². The van der Waals surface area contributed by atoms with Gasteiger partial charge in [-0.3, -0.25) is 9.10 Å². The van der Waals surface area contributed by atoms with Crippen LogP contribution in [0, 0.1) is 5.82 Å². The van der Waals surface area contributed by atoms with Gasteiger partial charge in [-0.1, -0.05) is 12.1 Å². The molecule has 1 fully saturated rings. The molecule has 2 aromatic carbocycles. The lowest BCUT2D eigenvalue weighted by Gasteiger charge is -2.24. The van der Waals surface area contributed by atoms with E-state index in [1.165, 1.54) is 27.8 Å². The summed E-state index contributed by atoms with van der Waals surface area (Å²) in [5.74, 6) is -0.401. The van der Waals surface area contributed by atoms with Gasteiger partial charge in [-0.15, -0.1) is 11.3 Å². The summed E-state index contributed by atoms with van der Waals surface area (Å²) in [5, 5.41) is 12.9. The van der Waals surface area contributed by atoms with Gasteiger partial charge in [-0.2, -0.15) is 0 Å². The first kappa shape index (κ1) is 21.7. The number of thiophene rings is 1. The average molecular weight is 463 g/mol.